The largest absolute Gasteiger partial charge is 0.267 e. The van der Waals surface area contributed by atoms with E-state index in [1.165, 1.54) is 0 Å². The van der Waals surface area contributed by atoms with Crippen molar-refractivity contribution in [3.05, 3.63) is 16.4 Å². The highest BCUT2D eigenvalue weighted by Crippen LogP contribution is 2.18. The van der Waals surface area contributed by atoms with Gasteiger partial charge in [-0.2, -0.15) is 5.10 Å². The molecule has 0 spiro atoms. The Labute approximate surface area is 79.7 Å². The van der Waals surface area contributed by atoms with Crippen molar-refractivity contribution in [1.29, 1.82) is 0 Å². The van der Waals surface area contributed by atoms with E-state index in [0.29, 0.717) is 0 Å². The molecule has 1 aromatic heterocycles. The minimum atomic E-state index is 0.783. The van der Waals surface area contributed by atoms with Crippen molar-refractivity contribution >= 4 is 27.5 Å². The lowest BCUT2D eigenvalue weighted by molar-refractivity contribution is 0.643. The highest BCUT2D eigenvalue weighted by Gasteiger charge is 2.07. The van der Waals surface area contributed by atoms with E-state index in [0.717, 1.165) is 28.3 Å². The summed E-state index contributed by atoms with van der Waals surface area (Å²) in [6.45, 7) is 4.77. The third-order valence-corrected chi connectivity index (χ3v) is 2.49. The molecular formula is C7H10BrClN2. The van der Waals surface area contributed by atoms with Gasteiger partial charge in [-0.3, -0.25) is 4.68 Å². The van der Waals surface area contributed by atoms with E-state index in [1.807, 2.05) is 18.5 Å². The zero-order chi connectivity index (χ0) is 8.43. The average Bonchev–Trinajstić information content (AvgIpc) is 2.19. The molecule has 0 saturated heterocycles. The van der Waals surface area contributed by atoms with Crippen molar-refractivity contribution in [2.24, 2.45) is 0 Å². The lowest BCUT2D eigenvalue weighted by atomic mass is 10.4. The molecule has 1 heterocycles. The maximum absolute atomic E-state index is 5.94. The zero-order valence-electron chi connectivity index (χ0n) is 6.56. The van der Waals surface area contributed by atoms with Crippen LogP contribution in [0.2, 0.25) is 5.02 Å². The molecule has 1 rings (SSSR count). The number of rotatable bonds is 2. The fraction of sp³-hybridized carbons (Fsp3) is 0.571. The van der Waals surface area contributed by atoms with Crippen LogP contribution in [-0.4, -0.2) is 15.1 Å². The van der Waals surface area contributed by atoms with Crippen molar-refractivity contribution in [3.8, 4) is 0 Å². The molecule has 0 unspecified atom stereocenters. The molecule has 0 aromatic carbocycles. The Bertz CT molecular complexity index is 257. The van der Waals surface area contributed by atoms with Crippen LogP contribution in [0.25, 0.3) is 0 Å². The lowest BCUT2D eigenvalue weighted by Crippen LogP contribution is -2.02. The predicted molar refractivity (Wildman–Crippen MR) is 50.5 cm³/mol. The summed E-state index contributed by atoms with van der Waals surface area (Å²) in [5.74, 6) is 0. The molecular weight excluding hydrogens is 227 g/mol. The number of hydrogen-bond acceptors (Lipinski definition) is 1. The van der Waals surface area contributed by atoms with Crippen molar-refractivity contribution in [3.63, 3.8) is 0 Å². The molecule has 0 N–H and O–H groups in total. The molecule has 0 bridgehead atoms. The minimum Gasteiger partial charge on any atom is -0.267 e. The Balaban J connectivity index is 2.98. The number of alkyl halides is 1. The van der Waals surface area contributed by atoms with Crippen LogP contribution >= 0.6 is 27.5 Å². The van der Waals surface area contributed by atoms with Crippen molar-refractivity contribution in [2.75, 3.05) is 5.33 Å². The topological polar surface area (TPSA) is 17.8 Å². The molecule has 62 valence electrons. The summed E-state index contributed by atoms with van der Waals surface area (Å²) in [5.41, 5.74) is 1.95. The van der Waals surface area contributed by atoms with Gasteiger partial charge in [0, 0.05) is 5.33 Å². The van der Waals surface area contributed by atoms with Gasteiger partial charge in [0.25, 0.3) is 0 Å². The van der Waals surface area contributed by atoms with Crippen LogP contribution in [0.15, 0.2) is 0 Å². The van der Waals surface area contributed by atoms with Crippen LogP contribution in [0, 0.1) is 13.8 Å². The summed E-state index contributed by atoms with van der Waals surface area (Å²) in [6, 6.07) is 0. The smallest absolute Gasteiger partial charge is 0.0844 e. The van der Waals surface area contributed by atoms with E-state index in [-0.39, 0.29) is 0 Å². The zero-order valence-corrected chi connectivity index (χ0v) is 8.91. The lowest BCUT2D eigenvalue weighted by Gasteiger charge is -1.98. The maximum atomic E-state index is 5.94. The summed E-state index contributed by atoms with van der Waals surface area (Å²) < 4.78 is 1.91. The minimum absolute atomic E-state index is 0.783. The van der Waals surface area contributed by atoms with E-state index in [4.69, 9.17) is 11.6 Å². The first-order valence-corrected chi connectivity index (χ1v) is 4.92. The second kappa shape index (κ2) is 3.59. The van der Waals surface area contributed by atoms with E-state index in [1.54, 1.807) is 0 Å². The van der Waals surface area contributed by atoms with Gasteiger partial charge in [0.15, 0.2) is 0 Å². The molecule has 11 heavy (non-hydrogen) atoms. The molecule has 0 fully saturated rings. The van der Waals surface area contributed by atoms with Gasteiger partial charge in [-0.05, 0) is 13.8 Å². The first kappa shape index (κ1) is 9.07. The Kier molecular flexibility index (Phi) is 2.96. The molecule has 1 aromatic rings. The molecule has 0 atom stereocenters. The monoisotopic (exact) mass is 236 g/mol. The standard InChI is InChI=1S/C7H10BrClN2/c1-5-7(9)6(2)11(10-5)4-3-8/h3-4H2,1-2H3. The van der Waals surface area contributed by atoms with E-state index < -0.39 is 0 Å². The number of nitrogens with zero attached hydrogens (tertiary/aromatic N) is 2. The van der Waals surface area contributed by atoms with E-state index in [9.17, 15) is 0 Å². The first-order chi connectivity index (χ1) is 5.16. The second-order valence-corrected chi connectivity index (χ2v) is 3.57. The second-order valence-electron chi connectivity index (χ2n) is 2.40. The Morgan fingerprint density at radius 1 is 1.55 bits per heavy atom. The highest BCUT2D eigenvalue weighted by atomic mass is 79.9. The third-order valence-electron chi connectivity index (χ3n) is 1.59. The van der Waals surface area contributed by atoms with Crippen LogP contribution in [0.3, 0.4) is 0 Å². The first-order valence-electron chi connectivity index (χ1n) is 3.42. The molecule has 0 aliphatic rings. The van der Waals surface area contributed by atoms with Crippen LogP contribution in [0.5, 0.6) is 0 Å². The molecule has 0 aliphatic heterocycles. The summed E-state index contributed by atoms with van der Waals surface area (Å²) in [4.78, 5) is 0. The van der Waals surface area contributed by atoms with Gasteiger partial charge in [-0.15, -0.1) is 0 Å². The Morgan fingerprint density at radius 2 is 2.18 bits per heavy atom. The number of hydrogen-bond donors (Lipinski definition) is 0. The fourth-order valence-electron chi connectivity index (χ4n) is 0.973. The van der Waals surface area contributed by atoms with Gasteiger partial charge >= 0.3 is 0 Å². The summed E-state index contributed by atoms with van der Waals surface area (Å²) >= 11 is 9.29. The third kappa shape index (κ3) is 1.76. The molecule has 0 aliphatic carbocycles. The fourth-order valence-corrected chi connectivity index (χ4v) is 1.44. The van der Waals surface area contributed by atoms with Crippen LogP contribution in [0.1, 0.15) is 11.4 Å². The molecule has 2 nitrogen and oxygen atoms in total. The quantitative estimate of drug-likeness (QED) is 0.723. The van der Waals surface area contributed by atoms with Gasteiger partial charge in [0.2, 0.25) is 0 Å². The van der Waals surface area contributed by atoms with Gasteiger partial charge in [0.05, 0.1) is 23.0 Å². The van der Waals surface area contributed by atoms with Crippen LogP contribution in [0.4, 0.5) is 0 Å². The average molecular weight is 238 g/mol. The molecule has 0 saturated carbocycles. The van der Waals surface area contributed by atoms with Crippen molar-refractivity contribution < 1.29 is 0 Å². The van der Waals surface area contributed by atoms with Gasteiger partial charge in [0.1, 0.15) is 0 Å². The van der Waals surface area contributed by atoms with Crippen molar-refractivity contribution in [2.45, 2.75) is 20.4 Å². The number of aryl methyl sites for hydroxylation is 2. The van der Waals surface area contributed by atoms with Crippen LogP contribution < -0.4 is 0 Å². The molecule has 0 radical (unpaired) electrons. The Hall–Kier alpha value is -0.0200. The summed E-state index contributed by atoms with van der Waals surface area (Å²) in [7, 11) is 0. The van der Waals surface area contributed by atoms with Gasteiger partial charge in [-0.25, -0.2) is 0 Å². The van der Waals surface area contributed by atoms with E-state index in [2.05, 4.69) is 21.0 Å². The van der Waals surface area contributed by atoms with Crippen LogP contribution in [-0.2, 0) is 6.54 Å². The normalized spacial score (nSPS) is 10.5. The van der Waals surface area contributed by atoms with E-state index >= 15 is 0 Å². The number of aromatic nitrogens is 2. The highest BCUT2D eigenvalue weighted by molar-refractivity contribution is 9.09. The summed E-state index contributed by atoms with van der Waals surface area (Å²) in [6.07, 6.45) is 0. The van der Waals surface area contributed by atoms with Gasteiger partial charge in [-0.1, -0.05) is 27.5 Å². The Morgan fingerprint density at radius 3 is 2.55 bits per heavy atom. The predicted octanol–water partition coefficient (Wildman–Crippen LogP) is 2.55. The number of halogens is 2. The van der Waals surface area contributed by atoms with Gasteiger partial charge < -0.3 is 0 Å². The maximum Gasteiger partial charge on any atom is 0.0844 e. The molecule has 0 amide bonds. The van der Waals surface area contributed by atoms with Crippen molar-refractivity contribution in [1.82, 2.24) is 9.78 Å². The SMILES string of the molecule is Cc1nn(CCBr)c(C)c1Cl. The molecule has 4 heteroatoms. The summed E-state index contributed by atoms with van der Waals surface area (Å²) in [5, 5.41) is 5.95.